The number of carbonyl (C=O) groups excluding carboxylic acids is 1. The van der Waals surface area contributed by atoms with Crippen molar-refractivity contribution < 1.29 is 14.7 Å². The number of carbonyl (C=O) groups is 2. The van der Waals surface area contributed by atoms with E-state index in [1.54, 1.807) is 0 Å². The van der Waals surface area contributed by atoms with E-state index in [1.165, 1.54) is 19.3 Å². The third kappa shape index (κ3) is 4.11. The van der Waals surface area contributed by atoms with Crippen LogP contribution in [-0.4, -0.2) is 31.1 Å². The van der Waals surface area contributed by atoms with Gasteiger partial charge < -0.3 is 10.4 Å². The fraction of sp³-hybridized carbons (Fsp3) is 0.818. The van der Waals surface area contributed by atoms with E-state index in [0.717, 1.165) is 19.3 Å². The van der Waals surface area contributed by atoms with Crippen molar-refractivity contribution in [1.82, 2.24) is 5.32 Å². The summed E-state index contributed by atoms with van der Waals surface area (Å²) in [5.74, 6) is 4.12. The van der Waals surface area contributed by atoms with Crippen molar-refractivity contribution >= 4 is 20.0 Å². The van der Waals surface area contributed by atoms with E-state index in [2.05, 4.69) is 50.6 Å². The lowest BCUT2D eigenvalue weighted by molar-refractivity contribution is -0.151. The lowest BCUT2D eigenvalue weighted by atomic mass is 9.49. The van der Waals surface area contributed by atoms with Crippen molar-refractivity contribution in [2.75, 3.05) is 0 Å². The van der Waals surface area contributed by atoms with Gasteiger partial charge in [0.25, 0.3) is 0 Å². The number of aliphatic carboxylic acids is 1. The molecule has 1 amide bonds. The number of nitrogens with one attached hydrogen (secondary N) is 1. The van der Waals surface area contributed by atoms with Gasteiger partial charge in [-0.1, -0.05) is 33.9 Å². The predicted molar refractivity (Wildman–Crippen MR) is 110 cm³/mol. The van der Waals surface area contributed by atoms with Crippen molar-refractivity contribution in [3.63, 3.8) is 0 Å². The highest BCUT2D eigenvalue weighted by Gasteiger charge is 2.54. The van der Waals surface area contributed by atoms with Gasteiger partial charge in [0.05, 0.1) is 0 Å². The minimum atomic E-state index is -1.77. The van der Waals surface area contributed by atoms with Gasteiger partial charge in [-0.05, 0) is 61.3 Å². The molecule has 0 saturated heterocycles. The van der Waals surface area contributed by atoms with Crippen LogP contribution in [0.1, 0.15) is 65.7 Å². The summed E-state index contributed by atoms with van der Waals surface area (Å²) < 4.78 is 0. The van der Waals surface area contributed by atoms with Crippen LogP contribution in [0, 0.1) is 34.6 Å². The molecule has 5 heteroatoms. The Hall–Kier alpha value is -1.28. The molecule has 1 atom stereocenters. The molecule has 0 unspecified atom stereocenters. The second kappa shape index (κ2) is 6.95. The van der Waals surface area contributed by atoms with Crippen LogP contribution in [0.15, 0.2) is 0 Å². The topological polar surface area (TPSA) is 66.4 Å². The molecule has 4 aliphatic rings. The maximum absolute atomic E-state index is 13.1. The van der Waals surface area contributed by atoms with Crippen molar-refractivity contribution in [2.45, 2.75) is 89.9 Å². The van der Waals surface area contributed by atoms with Gasteiger partial charge in [0, 0.05) is 11.8 Å². The third-order valence-corrected chi connectivity index (χ3v) is 12.3. The second-order valence-corrected chi connectivity index (χ2v) is 15.9. The molecule has 0 heterocycles. The van der Waals surface area contributed by atoms with Crippen LogP contribution >= 0.6 is 0 Å². The molecule has 0 spiro atoms. The van der Waals surface area contributed by atoms with Gasteiger partial charge in [0.15, 0.2) is 0 Å². The highest BCUT2D eigenvalue weighted by atomic mass is 28.3. The first-order valence-electron chi connectivity index (χ1n) is 10.5. The summed E-state index contributed by atoms with van der Waals surface area (Å²) in [6, 6.07) is -0.900. The lowest BCUT2D eigenvalue weighted by Gasteiger charge is -2.55. The van der Waals surface area contributed by atoms with Gasteiger partial charge in [-0.15, -0.1) is 11.5 Å². The minimum absolute atomic E-state index is 0.0249. The van der Waals surface area contributed by atoms with Crippen LogP contribution in [0.25, 0.3) is 0 Å². The first-order chi connectivity index (χ1) is 12.4. The molecule has 27 heavy (non-hydrogen) atoms. The van der Waals surface area contributed by atoms with E-state index >= 15 is 0 Å². The number of hydrogen-bond acceptors (Lipinski definition) is 2. The molecular weight excluding hydrogens is 354 g/mol. The number of carboxylic acid groups (broad SMARTS) is 1. The number of hydrogen-bond donors (Lipinski definition) is 2. The Morgan fingerprint density at radius 3 is 2.00 bits per heavy atom. The molecule has 4 aliphatic carbocycles. The van der Waals surface area contributed by atoms with Crippen LogP contribution in [0.4, 0.5) is 0 Å². The standard InChI is InChI=1S/C22H35NO3Si/c1-21(2,3)27(4,5)8-6-7-18(19(24)25)23-20(26)22-12-15-9-16(13-22)11-17(10-15)14-22/h15-18H,7,9-14H2,1-5H3,(H,23,26)(H,24,25)/t15?,16?,17?,18-,22?/m0/s1. The van der Waals surface area contributed by atoms with E-state index in [9.17, 15) is 14.7 Å². The Bertz CT molecular complexity index is 645. The van der Waals surface area contributed by atoms with Crippen LogP contribution in [0.2, 0.25) is 18.1 Å². The van der Waals surface area contributed by atoms with Gasteiger partial charge in [0.1, 0.15) is 14.1 Å². The highest BCUT2D eigenvalue weighted by molar-refractivity contribution is 6.87. The lowest BCUT2D eigenvalue weighted by Crippen LogP contribution is -2.56. The molecule has 4 saturated carbocycles. The first kappa shape index (κ1) is 20.5. The summed E-state index contributed by atoms with van der Waals surface area (Å²) >= 11 is 0. The van der Waals surface area contributed by atoms with Crippen LogP contribution in [0.3, 0.4) is 0 Å². The van der Waals surface area contributed by atoms with E-state index < -0.39 is 20.1 Å². The zero-order chi connectivity index (χ0) is 20.0. The molecule has 0 aromatic rings. The van der Waals surface area contributed by atoms with Crippen LogP contribution in [0.5, 0.6) is 0 Å². The summed E-state index contributed by atoms with van der Waals surface area (Å²) in [5.41, 5.74) is 3.06. The molecule has 4 bridgehead atoms. The summed E-state index contributed by atoms with van der Waals surface area (Å²) in [7, 11) is -1.77. The Morgan fingerprint density at radius 2 is 1.59 bits per heavy atom. The van der Waals surface area contributed by atoms with Gasteiger partial charge in [0.2, 0.25) is 5.91 Å². The smallest absolute Gasteiger partial charge is 0.327 e. The van der Waals surface area contributed by atoms with E-state index in [1.807, 2.05) is 0 Å². The molecule has 0 radical (unpaired) electrons. The molecule has 4 rings (SSSR count). The number of rotatable bonds is 4. The predicted octanol–water partition coefficient (Wildman–Crippen LogP) is 4.21. The van der Waals surface area contributed by atoms with Gasteiger partial charge in [-0.2, -0.15) is 0 Å². The van der Waals surface area contributed by atoms with Crippen molar-refractivity contribution in [1.29, 1.82) is 0 Å². The van der Waals surface area contributed by atoms with Crippen molar-refractivity contribution in [3.05, 3.63) is 0 Å². The first-order valence-corrected chi connectivity index (χ1v) is 13.5. The molecule has 0 aliphatic heterocycles. The average Bonchev–Trinajstić information content (AvgIpc) is 2.51. The van der Waals surface area contributed by atoms with Gasteiger partial charge in [-0.3, -0.25) is 4.79 Å². The Morgan fingerprint density at radius 1 is 1.11 bits per heavy atom. The van der Waals surface area contributed by atoms with Crippen molar-refractivity contribution in [3.8, 4) is 11.5 Å². The van der Waals surface area contributed by atoms with Gasteiger partial charge in [-0.25, -0.2) is 4.79 Å². The average molecular weight is 390 g/mol. The molecule has 0 aromatic carbocycles. The SMILES string of the molecule is CC(C)(C)[Si](C)(C)C#CC[C@H](NC(=O)C12CC3CC(CC(C3)C1)C2)C(=O)O. The second-order valence-electron chi connectivity index (χ2n) is 10.9. The summed E-state index contributed by atoms with van der Waals surface area (Å²) in [6.45, 7) is 11.0. The van der Waals surface area contributed by atoms with Gasteiger partial charge >= 0.3 is 5.97 Å². The molecular formula is C22H35NO3Si. The monoisotopic (exact) mass is 389 g/mol. The highest BCUT2D eigenvalue weighted by Crippen LogP contribution is 2.60. The maximum atomic E-state index is 13.1. The number of carboxylic acids is 1. The fourth-order valence-electron chi connectivity index (χ4n) is 5.46. The van der Waals surface area contributed by atoms with E-state index in [4.69, 9.17) is 0 Å². The molecule has 150 valence electrons. The maximum Gasteiger partial charge on any atom is 0.327 e. The Balaban J connectivity index is 1.67. The molecule has 4 nitrogen and oxygen atoms in total. The zero-order valence-corrected chi connectivity index (χ0v) is 18.5. The zero-order valence-electron chi connectivity index (χ0n) is 17.5. The molecule has 0 aromatic heterocycles. The Kier molecular flexibility index (Phi) is 5.27. The minimum Gasteiger partial charge on any atom is -0.480 e. The van der Waals surface area contributed by atoms with E-state index in [-0.39, 0.29) is 22.8 Å². The van der Waals surface area contributed by atoms with Crippen LogP contribution in [-0.2, 0) is 9.59 Å². The van der Waals surface area contributed by atoms with E-state index in [0.29, 0.717) is 17.8 Å². The summed E-state index contributed by atoms with van der Waals surface area (Å²) in [5, 5.41) is 12.6. The van der Waals surface area contributed by atoms with Crippen LogP contribution < -0.4 is 5.32 Å². The van der Waals surface area contributed by atoms with Crippen molar-refractivity contribution in [2.24, 2.45) is 23.2 Å². The molecule has 2 N–H and O–H groups in total. The summed E-state index contributed by atoms with van der Waals surface area (Å²) in [6.07, 6.45) is 6.86. The largest absolute Gasteiger partial charge is 0.480 e. The quantitative estimate of drug-likeness (QED) is 0.559. The Labute approximate surface area is 164 Å². The third-order valence-electron chi connectivity index (χ3n) is 7.71. The summed E-state index contributed by atoms with van der Waals surface area (Å²) in [4.78, 5) is 24.9. The normalized spacial score (nSPS) is 33.1. The fourth-order valence-corrected chi connectivity index (χ4v) is 6.38. The molecule has 4 fully saturated rings. The number of amides is 1.